The smallest absolute Gasteiger partial charge is 0.269 e. The van der Waals surface area contributed by atoms with Crippen molar-refractivity contribution in [1.29, 1.82) is 0 Å². The van der Waals surface area contributed by atoms with E-state index in [1.165, 1.54) is 36.4 Å². The van der Waals surface area contributed by atoms with Crippen LogP contribution in [0.4, 0.5) is 17.1 Å². The lowest BCUT2D eigenvalue weighted by Gasteiger charge is -2.13. The number of anilines is 2. The van der Waals surface area contributed by atoms with E-state index in [-0.39, 0.29) is 16.7 Å². The van der Waals surface area contributed by atoms with E-state index in [1.807, 2.05) is 6.92 Å². The topological polar surface area (TPSA) is 123 Å². The molecule has 2 amide bonds. The molecule has 0 aromatic heterocycles. The molecule has 0 aliphatic rings. The highest BCUT2D eigenvalue weighted by Gasteiger charge is 2.13. The molecule has 0 aliphatic heterocycles. The maximum Gasteiger partial charge on any atom is 0.269 e. The third kappa shape index (κ3) is 7.47. The van der Waals surface area contributed by atoms with Gasteiger partial charge in [-0.1, -0.05) is 12.1 Å². The van der Waals surface area contributed by atoms with Gasteiger partial charge < -0.3 is 15.4 Å². The van der Waals surface area contributed by atoms with Crippen LogP contribution in [0.2, 0.25) is 0 Å². The van der Waals surface area contributed by atoms with E-state index in [4.69, 9.17) is 17.0 Å². The minimum absolute atomic E-state index is 0.00432. The predicted molar refractivity (Wildman–Crippen MR) is 138 cm³/mol. The van der Waals surface area contributed by atoms with Crippen molar-refractivity contribution in [1.82, 2.24) is 5.32 Å². The van der Waals surface area contributed by atoms with Gasteiger partial charge in [-0.15, -0.1) is 0 Å². The highest BCUT2D eigenvalue weighted by molar-refractivity contribution is 7.80. The molecule has 0 bridgehead atoms. The van der Waals surface area contributed by atoms with Crippen molar-refractivity contribution in [2.24, 2.45) is 0 Å². The quantitative estimate of drug-likeness (QED) is 0.180. The maximum absolute atomic E-state index is 12.8. The number of nitro groups is 1. The molecule has 0 saturated carbocycles. The Morgan fingerprint density at radius 3 is 2.34 bits per heavy atom. The molecule has 9 nitrogen and oxygen atoms in total. The fourth-order valence-electron chi connectivity index (χ4n) is 2.98. The van der Waals surface area contributed by atoms with Crippen molar-refractivity contribution in [3.05, 3.63) is 100 Å². The van der Waals surface area contributed by atoms with Crippen LogP contribution in [0.1, 0.15) is 22.8 Å². The molecule has 3 N–H and O–H groups in total. The van der Waals surface area contributed by atoms with E-state index < -0.39 is 10.8 Å². The summed E-state index contributed by atoms with van der Waals surface area (Å²) in [5.41, 5.74) is 1.92. The van der Waals surface area contributed by atoms with Crippen LogP contribution >= 0.6 is 12.2 Å². The molecule has 0 atom stereocenters. The van der Waals surface area contributed by atoms with Gasteiger partial charge in [0.1, 0.15) is 5.75 Å². The van der Waals surface area contributed by atoms with Gasteiger partial charge in [-0.25, -0.2) is 0 Å². The maximum atomic E-state index is 12.8. The molecule has 3 aromatic rings. The molecule has 0 radical (unpaired) electrons. The number of thiocarbonyl (C=S) groups is 1. The lowest BCUT2D eigenvalue weighted by molar-refractivity contribution is -0.384. The normalized spacial score (nSPS) is 10.4. The minimum Gasteiger partial charge on any atom is -0.494 e. The lowest BCUT2D eigenvalue weighted by atomic mass is 10.1. The van der Waals surface area contributed by atoms with Crippen LogP contribution in [-0.4, -0.2) is 28.5 Å². The van der Waals surface area contributed by atoms with Crippen molar-refractivity contribution in [2.45, 2.75) is 6.92 Å². The molecular weight excluding hydrogens is 468 g/mol. The Hall–Kier alpha value is -4.57. The fraction of sp³-hybridized carbons (Fsp3) is 0.0800. The van der Waals surface area contributed by atoms with Gasteiger partial charge in [0.15, 0.2) is 5.11 Å². The van der Waals surface area contributed by atoms with E-state index in [2.05, 4.69) is 16.0 Å². The van der Waals surface area contributed by atoms with E-state index >= 15 is 0 Å². The highest BCUT2D eigenvalue weighted by Crippen LogP contribution is 2.20. The Balaban J connectivity index is 1.59. The van der Waals surface area contributed by atoms with Crippen LogP contribution in [0.3, 0.4) is 0 Å². The van der Waals surface area contributed by atoms with Crippen molar-refractivity contribution in [2.75, 3.05) is 17.2 Å². The number of nitrogens with one attached hydrogen (secondary N) is 3. The lowest BCUT2D eigenvalue weighted by Crippen LogP contribution is -2.33. The minimum atomic E-state index is -0.503. The summed E-state index contributed by atoms with van der Waals surface area (Å²) in [6, 6.07) is 19.5. The van der Waals surface area contributed by atoms with Crippen LogP contribution in [0.15, 0.2) is 78.9 Å². The molecule has 0 fully saturated rings. The molecule has 0 spiro atoms. The number of carbonyl (C=O) groups is 2. The number of hydrogen-bond donors (Lipinski definition) is 3. The molecule has 0 heterocycles. The summed E-state index contributed by atoms with van der Waals surface area (Å²) in [5, 5.41) is 18.9. The standard InChI is InChI=1S/C25H22N4O5S/c1-2-34-20-14-10-18(11-15-20)26-24(31)21-5-3-4-6-22(21)27-25(35)28-23(30)16-9-17-7-12-19(13-8-17)29(32)33/h3-16H,2H2,1H3,(H,26,31)(H2,27,28,30,35)/b16-9+. The van der Waals surface area contributed by atoms with Crippen LogP contribution in [0.5, 0.6) is 5.75 Å². The van der Waals surface area contributed by atoms with Crippen molar-refractivity contribution >= 4 is 52.3 Å². The van der Waals surface area contributed by atoms with Gasteiger partial charge in [0.25, 0.3) is 11.6 Å². The second-order valence-electron chi connectivity index (χ2n) is 7.08. The monoisotopic (exact) mass is 490 g/mol. The van der Waals surface area contributed by atoms with E-state index in [0.29, 0.717) is 34.9 Å². The molecule has 178 valence electrons. The number of benzene rings is 3. The summed E-state index contributed by atoms with van der Waals surface area (Å²) in [5.74, 6) is -0.155. The number of amides is 2. The van der Waals surface area contributed by atoms with E-state index in [9.17, 15) is 19.7 Å². The van der Waals surface area contributed by atoms with Gasteiger partial charge >= 0.3 is 0 Å². The number of ether oxygens (including phenoxy) is 1. The number of para-hydroxylation sites is 1. The summed E-state index contributed by atoms with van der Waals surface area (Å²) in [4.78, 5) is 35.2. The van der Waals surface area contributed by atoms with Crippen molar-refractivity contribution in [3.8, 4) is 5.75 Å². The number of non-ortho nitro benzene ring substituents is 1. The van der Waals surface area contributed by atoms with Gasteiger partial charge in [0.2, 0.25) is 5.91 Å². The van der Waals surface area contributed by atoms with Gasteiger partial charge in [0.05, 0.1) is 22.8 Å². The van der Waals surface area contributed by atoms with Gasteiger partial charge in [-0.2, -0.15) is 0 Å². The molecular formula is C25H22N4O5S. The number of nitrogens with zero attached hydrogens (tertiary/aromatic N) is 1. The molecule has 3 rings (SSSR count). The highest BCUT2D eigenvalue weighted by atomic mass is 32.1. The first kappa shape index (κ1) is 25.1. The first-order chi connectivity index (χ1) is 16.9. The predicted octanol–water partition coefficient (Wildman–Crippen LogP) is 4.77. The summed E-state index contributed by atoms with van der Waals surface area (Å²) in [7, 11) is 0. The third-order valence-electron chi connectivity index (χ3n) is 4.61. The Morgan fingerprint density at radius 2 is 1.69 bits per heavy atom. The molecule has 35 heavy (non-hydrogen) atoms. The molecule has 0 saturated heterocycles. The molecule has 3 aromatic carbocycles. The van der Waals surface area contributed by atoms with E-state index in [1.54, 1.807) is 48.5 Å². The van der Waals surface area contributed by atoms with Gasteiger partial charge in [0, 0.05) is 23.9 Å². The number of carbonyl (C=O) groups excluding carboxylic acids is 2. The third-order valence-corrected chi connectivity index (χ3v) is 4.81. The molecule has 10 heteroatoms. The van der Waals surface area contributed by atoms with Gasteiger partial charge in [-0.05, 0) is 79.3 Å². The second kappa shape index (κ2) is 12.1. The molecule has 0 aliphatic carbocycles. The number of rotatable bonds is 8. The van der Waals surface area contributed by atoms with Crippen LogP contribution in [0.25, 0.3) is 6.08 Å². The SMILES string of the molecule is CCOc1ccc(NC(=O)c2ccccc2NC(=S)NC(=O)/C=C/c2ccc([N+](=O)[O-])cc2)cc1. The average Bonchev–Trinajstić information content (AvgIpc) is 2.84. The van der Waals surface area contributed by atoms with Crippen LogP contribution < -0.4 is 20.7 Å². The second-order valence-corrected chi connectivity index (χ2v) is 7.49. The van der Waals surface area contributed by atoms with E-state index in [0.717, 1.165) is 0 Å². The zero-order valence-corrected chi connectivity index (χ0v) is 19.5. The summed E-state index contributed by atoms with van der Waals surface area (Å²) in [6.07, 6.45) is 2.75. The molecule has 0 unspecified atom stereocenters. The summed E-state index contributed by atoms with van der Waals surface area (Å²) in [6.45, 7) is 2.44. The Bertz CT molecular complexity index is 1260. The first-order valence-electron chi connectivity index (χ1n) is 10.5. The largest absolute Gasteiger partial charge is 0.494 e. The van der Waals surface area contributed by atoms with Crippen molar-refractivity contribution in [3.63, 3.8) is 0 Å². The Kier molecular flexibility index (Phi) is 8.63. The van der Waals surface area contributed by atoms with Crippen LogP contribution in [0, 0.1) is 10.1 Å². The van der Waals surface area contributed by atoms with Gasteiger partial charge in [-0.3, -0.25) is 25.0 Å². The number of hydrogen-bond acceptors (Lipinski definition) is 6. The summed E-state index contributed by atoms with van der Waals surface area (Å²) < 4.78 is 5.40. The Morgan fingerprint density at radius 1 is 1.00 bits per heavy atom. The zero-order valence-electron chi connectivity index (χ0n) is 18.7. The summed E-state index contributed by atoms with van der Waals surface area (Å²) >= 11 is 5.21. The number of nitro benzene ring substituents is 1. The van der Waals surface area contributed by atoms with Crippen molar-refractivity contribution < 1.29 is 19.2 Å². The average molecular weight is 491 g/mol. The zero-order chi connectivity index (χ0) is 25.2. The Labute approximate surface area is 207 Å². The first-order valence-corrected chi connectivity index (χ1v) is 10.9. The van der Waals surface area contributed by atoms with Crippen LogP contribution in [-0.2, 0) is 4.79 Å². The fourth-order valence-corrected chi connectivity index (χ4v) is 3.19.